The number of nitrogens with zero attached hydrogens (tertiary/aromatic N) is 3. The topological polar surface area (TPSA) is 288 Å². The Hall–Kier alpha value is -6.07. The largest absolute Gasteiger partial charge is 0.481 e. The zero-order chi connectivity index (χ0) is 36.2. The molecule has 2 heterocycles. The van der Waals surface area contributed by atoms with Crippen molar-refractivity contribution >= 4 is 58.1 Å². The molecule has 2 aromatic heterocycles. The number of nitrogens with one attached hydrogen (secondary N) is 4. The molecule has 2 amide bonds. The Morgan fingerprint density at radius 2 is 1.55 bits per heavy atom. The fourth-order valence-electron chi connectivity index (χ4n) is 4.69. The maximum absolute atomic E-state index is 12.8. The molecule has 0 radical (unpaired) electrons. The summed E-state index contributed by atoms with van der Waals surface area (Å²) in [5.41, 5.74) is 1.01. The molecule has 0 aliphatic heterocycles. The number of carboxylic acids is 3. The van der Waals surface area contributed by atoms with Crippen molar-refractivity contribution in [3.8, 4) is 0 Å². The number of hydrogen-bond donors (Lipinski definition) is 7. The fraction of sp³-hybridized carbons (Fsp3) is 0.387. The normalized spacial score (nSPS) is 12.7. The van der Waals surface area contributed by atoms with Crippen LogP contribution in [0.15, 0.2) is 35.3 Å². The number of fused-ring (bicyclic) bond motifs is 1. The zero-order valence-electron chi connectivity index (χ0n) is 26.5. The van der Waals surface area contributed by atoms with Gasteiger partial charge in [-0.3, -0.25) is 33.6 Å². The van der Waals surface area contributed by atoms with Gasteiger partial charge in [0.25, 0.3) is 11.5 Å². The van der Waals surface area contributed by atoms with Gasteiger partial charge in [0.15, 0.2) is 16.9 Å². The van der Waals surface area contributed by atoms with Gasteiger partial charge in [0.05, 0.1) is 43.2 Å². The van der Waals surface area contributed by atoms with Crippen LogP contribution < -0.4 is 21.5 Å². The number of H-pyrrole nitrogens is 1. The fourth-order valence-corrected chi connectivity index (χ4v) is 4.69. The van der Waals surface area contributed by atoms with Crippen molar-refractivity contribution in [2.45, 2.75) is 71.0 Å². The predicted molar refractivity (Wildman–Crippen MR) is 169 cm³/mol. The number of anilines is 1. The summed E-state index contributed by atoms with van der Waals surface area (Å²) in [5.74, 6) is -8.29. The number of aliphatic carboxylic acids is 3. The van der Waals surface area contributed by atoms with Crippen LogP contribution in [-0.2, 0) is 35.3 Å². The molecule has 0 saturated heterocycles. The Morgan fingerprint density at radius 1 is 0.878 bits per heavy atom. The van der Waals surface area contributed by atoms with E-state index in [9.17, 15) is 48.6 Å². The lowest BCUT2D eigenvalue weighted by atomic mass is 9.94. The first kappa shape index (κ1) is 37.4. The second kappa shape index (κ2) is 17.2. The second-order valence-electron chi connectivity index (χ2n) is 11.0. The van der Waals surface area contributed by atoms with E-state index in [1.54, 1.807) is 19.1 Å². The highest BCUT2D eigenvalue weighted by molar-refractivity contribution is 5.97. The van der Waals surface area contributed by atoms with Crippen molar-refractivity contribution in [2.24, 2.45) is 5.92 Å². The van der Waals surface area contributed by atoms with Gasteiger partial charge in [0.2, 0.25) is 5.91 Å². The van der Waals surface area contributed by atoms with Crippen LogP contribution in [0.4, 0.5) is 5.69 Å². The van der Waals surface area contributed by atoms with Crippen molar-refractivity contribution in [1.82, 2.24) is 30.6 Å². The number of aromatic nitrogens is 4. The highest BCUT2D eigenvalue weighted by atomic mass is 16.4. The Morgan fingerprint density at radius 3 is 2.16 bits per heavy atom. The van der Waals surface area contributed by atoms with Gasteiger partial charge in [-0.25, -0.2) is 19.7 Å². The first-order chi connectivity index (χ1) is 23.2. The molecule has 260 valence electrons. The van der Waals surface area contributed by atoms with Gasteiger partial charge in [-0.15, -0.1) is 0 Å². The van der Waals surface area contributed by atoms with Gasteiger partial charge < -0.3 is 36.3 Å². The van der Waals surface area contributed by atoms with E-state index in [4.69, 9.17) is 5.11 Å². The summed E-state index contributed by atoms with van der Waals surface area (Å²) >= 11 is 0. The number of carbonyl (C=O) groups excluding carboxylic acids is 4. The van der Waals surface area contributed by atoms with E-state index < -0.39 is 90.5 Å². The van der Waals surface area contributed by atoms with Crippen LogP contribution in [0, 0.1) is 12.8 Å². The average molecular weight is 682 g/mol. The Labute approximate surface area is 277 Å². The van der Waals surface area contributed by atoms with Gasteiger partial charge in [-0.1, -0.05) is 6.92 Å². The van der Waals surface area contributed by atoms with Gasteiger partial charge in [0, 0.05) is 30.5 Å². The van der Waals surface area contributed by atoms with E-state index in [1.165, 1.54) is 25.3 Å². The lowest BCUT2D eigenvalue weighted by molar-refractivity contribution is -0.144. The molecule has 7 N–H and O–H groups in total. The molecule has 1 aromatic carbocycles. The van der Waals surface area contributed by atoms with E-state index >= 15 is 0 Å². The molecule has 18 nitrogen and oxygen atoms in total. The SMILES string of the molecule is CCC(=O)[C@H](CC(=O)O)NC(=O)[C@H](CC(=O)O)CC(=O)CC[C@H](NC(=O)c1ccc(NCc2cnc3nc(C)[nH]c(=O)c3n2)cc1)C(=O)O. The number of aromatic amines is 1. The third-order valence-corrected chi connectivity index (χ3v) is 7.22. The molecule has 0 bridgehead atoms. The maximum Gasteiger partial charge on any atom is 0.326 e. The molecule has 3 rings (SSSR count). The monoisotopic (exact) mass is 681 g/mol. The number of benzene rings is 1. The molecule has 0 aliphatic rings. The smallest absolute Gasteiger partial charge is 0.326 e. The van der Waals surface area contributed by atoms with Gasteiger partial charge in [-0.2, -0.15) is 0 Å². The van der Waals surface area contributed by atoms with Crippen LogP contribution in [0.5, 0.6) is 0 Å². The number of amides is 2. The Bertz CT molecular complexity index is 1810. The van der Waals surface area contributed by atoms with Crippen LogP contribution in [-0.4, -0.2) is 88.6 Å². The summed E-state index contributed by atoms with van der Waals surface area (Å²) in [4.78, 5) is 112. The van der Waals surface area contributed by atoms with Crippen molar-refractivity contribution < 1.29 is 48.9 Å². The van der Waals surface area contributed by atoms with Crippen LogP contribution in [0.25, 0.3) is 11.2 Å². The molecule has 0 unspecified atom stereocenters. The zero-order valence-corrected chi connectivity index (χ0v) is 26.5. The number of carboxylic acid groups (broad SMARTS) is 3. The summed E-state index contributed by atoms with van der Waals surface area (Å²) in [5, 5.41) is 35.5. The van der Waals surface area contributed by atoms with Gasteiger partial charge in [0.1, 0.15) is 17.6 Å². The molecule has 18 heteroatoms. The summed E-state index contributed by atoms with van der Waals surface area (Å²) in [6, 6.07) is 3.07. The molecule has 0 saturated carbocycles. The highest BCUT2D eigenvalue weighted by Gasteiger charge is 2.30. The molecular weight excluding hydrogens is 646 g/mol. The third kappa shape index (κ3) is 11.3. The lowest BCUT2D eigenvalue weighted by Gasteiger charge is -2.20. The van der Waals surface area contributed by atoms with Crippen LogP contribution in [0.2, 0.25) is 0 Å². The van der Waals surface area contributed by atoms with Crippen LogP contribution >= 0.6 is 0 Å². The quantitative estimate of drug-likeness (QED) is 0.0911. The Balaban J connectivity index is 1.56. The molecular formula is C31H35N7O11. The Kier molecular flexibility index (Phi) is 13.1. The third-order valence-electron chi connectivity index (χ3n) is 7.22. The van der Waals surface area contributed by atoms with Gasteiger partial charge in [-0.05, 0) is 37.6 Å². The number of carbonyl (C=O) groups is 7. The van der Waals surface area contributed by atoms with Crippen molar-refractivity contribution in [2.75, 3.05) is 5.32 Å². The maximum atomic E-state index is 12.8. The van der Waals surface area contributed by atoms with Crippen molar-refractivity contribution in [3.63, 3.8) is 0 Å². The number of rotatable bonds is 19. The number of aryl methyl sites for hydroxylation is 1. The number of hydrogen-bond acceptors (Lipinski definition) is 12. The predicted octanol–water partition coefficient (Wildman–Crippen LogP) is 0.586. The van der Waals surface area contributed by atoms with E-state index in [2.05, 4.69) is 35.9 Å². The minimum Gasteiger partial charge on any atom is -0.481 e. The van der Waals surface area contributed by atoms with Crippen LogP contribution in [0.3, 0.4) is 0 Å². The van der Waals surface area contributed by atoms with Crippen LogP contribution in [0.1, 0.15) is 67.3 Å². The van der Waals surface area contributed by atoms with Crippen molar-refractivity contribution in [1.29, 1.82) is 0 Å². The highest BCUT2D eigenvalue weighted by Crippen LogP contribution is 2.16. The molecule has 0 spiro atoms. The molecule has 49 heavy (non-hydrogen) atoms. The molecule has 0 aliphatic carbocycles. The number of Topliss-reactive ketones (excluding diaryl/α,β-unsaturated/α-hetero) is 2. The van der Waals surface area contributed by atoms with Gasteiger partial charge >= 0.3 is 17.9 Å². The minimum atomic E-state index is -1.50. The molecule has 3 atom stereocenters. The van der Waals surface area contributed by atoms with E-state index in [-0.39, 0.29) is 36.1 Å². The number of ketones is 2. The first-order valence-corrected chi connectivity index (χ1v) is 15.0. The van der Waals surface area contributed by atoms with E-state index in [1.807, 2.05) is 0 Å². The van der Waals surface area contributed by atoms with E-state index in [0.717, 1.165) is 0 Å². The second-order valence-corrected chi connectivity index (χ2v) is 11.0. The minimum absolute atomic E-state index is 0.0865. The summed E-state index contributed by atoms with van der Waals surface area (Å²) in [6.07, 6.45) is -1.58. The molecule has 0 fully saturated rings. The molecule has 3 aromatic rings. The van der Waals surface area contributed by atoms with Crippen molar-refractivity contribution in [3.05, 3.63) is 57.9 Å². The summed E-state index contributed by atoms with van der Waals surface area (Å²) < 4.78 is 0. The van der Waals surface area contributed by atoms with E-state index in [0.29, 0.717) is 17.2 Å². The lowest BCUT2D eigenvalue weighted by Crippen LogP contribution is -2.45. The summed E-state index contributed by atoms with van der Waals surface area (Å²) in [7, 11) is 0. The average Bonchev–Trinajstić information content (AvgIpc) is 3.04. The first-order valence-electron chi connectivity index (χ1n) is 15.0. The summed E-state index contributed by atoms with van der Waals surface area (Å²) in [6.45, 7) is 3.27. The standard InChI is InChI=1S/C31H35N7O11/c1-3-23(40)22(12-25(43)44)38-29(46)17(11-24(41)42)10-20(39)8-9-21(31(48)49)37-28(45)16-4-6-18(7-5-16)32-13-19-14-33-27-26(36-19)30(47)35-15(2)34-27/h4-7,14,17,21-22,32H,3,8-13H2,1-2H3,(H,37,45)(H,38,46)(H,41,42)(H,43,44)(H,48,49)(H,33,34,35,47)/t17-,21-,22-/m0/s1.